The molecule has 0 radical (unpaired) electrons. The average Bonchev–Trinajstić information content (AvgIpc) is 2.89. The number of thioether (sulfide) groups is 1. The summed E-state index contributed by atoms with van der Waals surface area (Å²) in [4.78, 5) is 20.3. The summed E-state index contributed by atoms with van der Waals surface area (Å²) < 4.78 is 0.961. The van der Waals surface area contributed by atoms with Crippen LogP contribution in [0, 0.1) is 6.92 Å². The number of aryl methyl sites for hydroxylation is 1. The lowest BCUT2D eigenvalue weighted by Gasteiger charge is -2.36. The van der Waals surface area contributed by atoms with Gasteiger partial charge >= 0.3 is 0 Å². The monoisotopic (exact) mass is 444 g/mol. The van der Waals surface area contributed by atoms with Gasteiger partial charge in [-0.3, -0.25) is 9.69 Å². The molecule has 0 N–H and O–H groups in total. The highest BCUT2D eigenvalue weighted by Crippen LogP contribution is 2.46. The summed E-state index contributed by atoms with van der Waals surface area (Å²) in [7, 11) is 1.82. The van der Waals surface area contributed by atoms with E-state index >= 15 is 0 Å². The Morgan fingerprint density at radius 1 is 1.19 bits per heavy atom. The number of halogens is 1. The van der Waals surface area contributed by atoms with Crippen molar-refractivity contribution in [1.29, 1.82) is 0 Å². The van der Waals surface area contributed by atoms with Crippen LogP contribution >= 0.6 is 27.7 Å². The van der Waals surface area contributed by atoms with Gasteiger partial charge < -0.3 is 0 Å². The van der Waals surface area contributed by atoms with Crippen molar-refractivity contribution in [2.45, 2.75) is 38.1 Å². The normalized spacial score (nSPS) is 20.1. The number of benzene rings is 2. The predicted molar refractivity (Wildman–Crippen MR) is 118 cm³/mol. The van der Waals surface area contributed by atoms with Crippen LogP contribution in [-0.4, -0.2) is 29.3 Å². The molecule has 0 aromatic heterocycles. The SMILES string of the molecule is CSC1=NC(CC(C)(C)c2ccccc2)(c2cc(Br)ccc2C)C(=O)N1C. The molecule has 0 saturated heterocycles. The number of nitrogens with zero attached hydrogens (tertiary/aromatic N) is 2. The number of rotatable bonds is 4. The Kier molecular flexibility index (Phi) is 5.55. The molecule has 1 aliphatic heterocycles. The first-order valence-electron chi connectivity index (χ1n) is 8.95. The maximum atomic E-state index is 13.6. The fourth-order valence-electron chi connectivity index (χ4n) is 3.89. The topological polar surface area (TPSA) is 32.7 Å². The second-order valence-corrected chi connectivity index (χ2v) is 9.40. The average molecular weight is 445 g/mol. The molecule has 142 valence electrons. The third kappa shape index (κ3) is 3.59. The van der Waals surface area contributed by atoms with Gasteiger partial charge in [-0.05, 0) is 53.8 Å². The van der Waals surface area contributed by atoms with Gasteiger partial charge in [0.05, 0.1) is 0 Å². The maximum Gasteiger partial charge on any atom is 0.260 e. The molecular weight excluding hydrogens is 420 g/mol. The van der Waals surface area contributed by atoms with Gasteiger partial charge in [0.15, 0.2) is 10.7 Å². The van der Waals surface area contributed by atoms with E-state index in [9.17, 15) is 4.79 Å². The highest BCUT2D eigenvalue weighted by Gasteiger charge is 2.51. The minimum Gasteiger partial charge on any atom is -0.292 e. The number of hydrogen-bond acceptors (Lipinski definition) is 3. The van der Waals surface area contributed by atoms with Gasteiger partial charge in [-0.2, -0.15) is 0 Å². The van der Waals surface area contributed by atoms with E-state index in [1.807, 2.05) is 37.6 Å². The van der Waals surface area contributed by atoms with Crippen LogP contribution < -0.4 is 0 Å². The molecule has 1 aliphatic rings. The number of carbonyl (C=O) groups is 1. The van der Waals surface area contributed by atoms with Gasteiger partial charge in [0.1, 0.15) is 0 Å². The Morgan fingerprint density at radius 3 is 2.44 bits per heavy atom. The fourth-order valence-corrected chi connectivity index (χ4v) is 4.85. The molecular formula is C22H25BrN2OS. The quantitative estimate of drug-likeness (QED) is 0.622. The van der Waals surface area contributed by atoms with E-state index in [0.717, 1.165) is 20.8 Å². The largest absolute Gasteiger partial charge is 0.292 e. The van der Waals surface area contributed by atoms with Crippen molar-refractivity contribution in [3.63, 3.8) is 0 Å². The molecule has 0 fully saturated rings. The highest BCUT2D eigenvalue weighted by molar-refractivity contribution is 9.10. The number of aliphatic imine (C=N–C) groups is 1. The number of amides is 1. The van der Waals surface area contributed by atoms with Crippen molar-refractivity contribution in [3.05, 3.63) is 69.7 Å². The smallest absolute Gasteiger partial charge is 0.260 e. The standard InChI is InChI=1S/C22H25BrN2OS/c1-15-11-12-17(23)13-18(15)22(19(26)25(4)20(24-22)27-5)14-21(2,3)16-9-7-6-8-10-16/h6-13H,14H2,1-5H3. The minimum absolute atomic E-state index is 0.0389. The minimum atomic E-state index is -0.916. The molecule has 2 aromatic carbocycles. The van der Waals surface area contributed by atoms with Gasteiger partial charge in [-0.15, -0.1) is 0 Å². The number of amidine groups is 1. The lowest BCUT2D eigenvalue weighted by molar-refractivity contribution is -0.131. The van der Waals surface area contributed by atoms with Crippen molar-refractivity contribution in [1.82, 2.24) is 4.90 Å². The maximum absolute atomic E-state index is 13.6. The van der Waals surface area contributed by atoms with Gasteiger partial charge in [0, 0.05) is 11.5 Å². The van der Waals surface area contributed by atoms with Gasteiger partial charge in [-0.25, -0.2) is 4.99 Å². The zero-order valence-electron chi connectivity index (χ0n) is 16.4. The van der Waals surface area contributed by atoms with Gasteiger partial charge in [-0.1, -0.05) is 77.9 Å². The second kappa shape index (κ2) is 7.44. The Hall–Kier alpha value is -1.59. The molecule has 2 aromatic rings. The molecule has 1 heterocycles. The van der Waals surface area contributed by atoms with Gasteiger partial charge in [0.25, 0.3) is 5.91 Å². The lowest BCUT2D eigenvalue weighted by Crippen LogP contribution is -2.43. The second-order valence-electron chi connectivity index (χ2n) is 7.71. The molecule has 1 atom stereocenters. The van der Waals surface area contributed by atoms with Crippen LogP contribution in [0.5, 0.6) is 0 Å². The summed E-state index contributed by atoms with van der Waals surface area (Å²) in [5.74, 6) is 0.0389. The fraction of sp³-hybridized carbons (Fsp3) is 0.364. The third-order valence-corrected chi connectivity index (χ3v) is 6.54. The van der Waals surface area contributed by atoms with E-state index in [0.29, 0.717) is 6.42 Å². The summed E-state index contributed by atoms with van der Waals surface area (Å²) >= 11 is 5.10. The van der Waals surface area contributed by atoms with Crippen molar-refractivity contribution in [3.8, 4) is 0 Å². The van der Waals surface area contributed by atoms with Crippen LogP contribution in [0.2, 0.25) is 0 Å². The first-order chi connectivity index (χ1) is 12.7. The van der Waals surface area contributed by atoms with Crippen LogP contribution in [-0.2, 0) is 15.7 Å². The molecule has 1 amide bonds. The molecule has 27 heavy (non-hydrogen) atoms. The van der Waals surface area contributed by atoms with E-state index in [1.165, 1.54) is 17.3 Å². The number of carbonyl (C=O) groups excluding carboxylic acids is 1. The molecule has 0 bridgehead atoms. The number of likely N-dealkylation sites (N-methyl/N-ethyl adjacent to an activating group) is 1. The van der Waals surface area contributed by atoms with E-state index in [1.54, 1.807) is 4.90 Å². The Morgan fingerprint density at radius 2 is 1.85 bits per heavy atom. The molecule has 0 saturated carbocycles. The van der Waals surface area contributed by atoms with Crippen LogP contribution in [0.25, 0.3) is 0 Å². The van der Waals surface area contributed by atoms with Gasteiger partial charge in [0.2, 0.25) is 0 Å². The van der Waals surface area contributed by atoms with Crippen LogP contribution in [0.3, 0.4) is 0 Å². The molecule has 0 aliphatic carbocycles. The Labute approximate surface area is 174 Å². The van der Waals surface area contributed by atoms with E-state index in [2.05, 4.69) is 61.0 Å². The summed E-state index contributed by atoms with van der Waals surface area (Å²) in [5, 5.41) is 0.767. The third-order valence-electron chi connectivity index (χ3n) is 5.31. The summed E-state index contributed by atoms with van der Waals surface area (Å²) in [6, 6.07) is 16.5. The first-order valence-corrected chi connectivity index (χ1v) is 11.0. The molecule has 1 unspecified atom stereocenters. The van der Waals surface area contributed by atoms with Crippen molar-refractivity contribution in [2.24, 2.45) is 4.99 Å². The van der Waals surface area contributed by atoms with Crippen LogP contribution in [0.1, 0.15) is 37.0 Å². The summed E-state index contributed by atoms with van der Waals surface area (Å²) in [6.07, 6.45) is 2.57. The zero-order chi connectivity index (χ0) is 19.8. The van der Waals surface area contributed by atoms with Crippen LogP contribution in [0.4, 0.5) is 0 Å². The molecule has 0 spiro atoms. The van der Waals surface area contributed by atoms with Crippen LogP contribution in [0.15, 0.2) is 58.0 Å². The molecule has 5 heteroatoms. The Balaban J connectivity index is 2.19. The predicted octanol–water partition coefficient (Wildman–Crippen LogP) is 5.51. The Bertz CT molecular complexity index is 894. The molecule has 3 nitrogen and oxygen atoms in total. The first kappa shape index (κ1) is 20.2. The summed E-state index contributed by atoms with van der Waals surface area (Å²) in [6.45, 7) is 6.44. The lowest BCUT2D eigenvalue weighted by atomic mass is 9.70. The van der Waals surface area contributed by atoms with E-state index < -0.39 is 5.54 Å². The zero-order valence-corrected chi connectivity index (χ0v) is 18.8. The molecule has 3 rings (SSSR count). The van der Waals surface area contributed by atoms with E-state index in [-0.39, 0.29) is 11.3 Å². The van der Waals surface area contributed by atoms with Crippen molar-refractivity contribution in [2.75, 3.05) is 13.3 Å². The van der Waals surface area contributed by atoms with E-state index in [4.69, 9.17) is 4.99 Å². The number of hydrogen-bond donors (Lipinski definition) is 0. The summed E-state index contributed by atoms with van der Waals surface area (Å²) in [5.41, 5.74) is 2.13. The van der Waals surface area contributed by atoms with Crippen molar-refractivity contribution < 1.29 is 4.79 Å². The highest BCUT2D eigenvalue weighted by atomic mass is 79.9. The van der Waals surface area contributed by atoms with Crippen molar-refractivity contribution >= 4 is 38.8 Å².